The molecule has 0 bridgehead atoms. The number of nitrogens with zero attached hydrogens (tertiary/aromatic N) is 1. The number of carbonyl (C=O) groups excluding carboxylic acids is 1. The van der Waals surface area contributed by atoms with Crippen LogP contribution < -0.4 is 11.1 Å². The predicted molar refractivity (Wildman–Crippen MR) is 69.4 cm³/mol. The van der Waals surface area contributed by atoms with Crippen LogP contribution in [-0.4, -0.2) is 35.6 Å². The Bertz CT molecular complexity index is 272. The maximum Gasteiger partial charge on any atom is 0.317 e. The van der Waals surface area contributed by atoms with E-state index in [4.69, 9.17) is 18.0 Å². The monoisotopic (exact) mass is 243 g/mol. The summed E-state index contributed by atoms with van der Waals surface area (Å²) in [7, 11) is 0. The summed E-state index contributed by atoms with van der Waals surface area (Å²) < 4.78 is 0. The van der Waals surface area contributed by atoms with Gasteiger partial charge in [-0.3, -0.25) is 0 Å². The number of likely N-dealkylation sites (tertiary alicyclic amines) is 1. The van der Waals surface area contributed by atoms with Gasteiger partial charge in [-0.15, -0.1) is 0 Å². The molecule has 0 saturated carbocycles. The van der Waals surface area contributed by atoms with E-state index in [-0.39, 0.29) is 11.4 Å². The molecule has 3 N–H and O–H groups in total. The first-order valence-electron chi connectivity index (χ1n) is 5.82. The number of carbonyl (C=O) groups is 1. The molecule has 0 atom stereocenters. The molecule has 0 radical (unpaired) electrons. The SMILES string of the molecule is CCCNC(=O)N1CCC(C)(C(N)=S)CC1. The fourth-order valence-corrected chi connectivity index (χ4v) is 2.00. The van der Waals surface area contributed by atoms with E-state index in [9.17, 15) is 4.79 Å². The van der Waals surface area contributed by atoms with Gasteiger partial charge in [0.15, 0.2) is 0 Å². The molecule has 0 aromatic carbocycles. The van der Waals surface area contributed by atoms with E-state index < -0.39 is 0 Å². The third-order valence-corrected chi connectivity index (χ3v) is 3.77. The van der Waals surface area contributed by atoms with Crippen LogP contribution in [0.4, 0.5) is 4.79 Å². The average Bonchev–Trinajstić information content (AvgIpc) is 2.26. The summed E-state index contributed by atoms with van der Waals surface area (Å²) in [4.78, 5) is 14.1. The fourth-order valence-electron chi connectivity index (χ4n) is 1.79. The first-order chi connectivity index (χ1) is 7.49. The van der Waals surface area contributed by atoms with E-state index >= 15 is 0 Å². The minimum absolute atomic E-state index is 0.0341. The lowest BCUT2D eigenvalue weighted by molar-refractivity contribution is 0.160. The Hall–Kier alpha value is -0.840. The standard InChI is InChI=1S/C11H21N3OS/c1-3-6-13-10(15)14-7-4-11(2,5-8-14)9(12)16/h3-8H2,1-2H3,(H2,12,16)(H,13,15). The summed E-state index contributed by atoms with van der Waals surface area (Å²) >= 11 is 5.06. The lowest BCUT2D eigenvalue weighted by Crippen LogP contribution is -2.49. The van der Waals surface area contributed by atoms with Crippen LogP contribution in [0.1, 0.15) is 33.1 Å². The third-order valence-electron chi connectivity index (χ3n) is 3.28. The van der Waals surface area contributed by atoms with Gasteiger partial charge in [0.1, 0.15) is 0 Å². The quantitative estimate of drug-likeness (QED) is 0.738. The molecule has 4 nitrogen and oxygen atoms in total. The van der Waals surface area contributed by atoms with Gasteiger partial charge < -0.3 is 16.0 Å². The molecule has 1 saturated heterocycles. The van der Waals surface area contributed by atoms with Gasteiger partial charge in [-0.25, -0.2) is 4.79 Å². The van der Waals surface area contributed by atoms with Crippen LogP contribution in [0.25, 0.3) is 0 Å². The smallest absolute Gasteiger partial charge is 0.317 e. The van der Waals surface area contributed by atoms with Crippen molar-refractivity contribution < 1.29 is 4.79 Å². The summed E-state index contributed by atoms with van der Waals surface area (Å²) in [6.45, 7) is 6.34. The number of urea groups is 1. The van der Waals surface area contributed by atoms with E-state index in [2.05, 4.69) is 12.2 Å². The zero-order valence-corrected chi connectivity index (χ0v) is 10.9. The highest BCUT2D eigenvalue weighted by Crippen LogP contribution is 2.30. The van der Waals surface area contributed by atoms with Gasteiger partial charge >= 0.3 is 6.03 Å². The second-order valence-corrected chi connectivity index (χ2v) is 5.08. The molecular weight excluding hydrogens is 222 g/mol. The number of piperidine rings is 1. The zero-order chi connectivity index (χ0) is 12.2. The second kappa shape index (κ2) is 5.48. The van der Waals surface area contributed by atoms with Crippen molar-refractivity contribution in [2.75, 3.05) is 19.6 Å². The number of nitrogens with one attached hydrogen (secondary N) is 1. The largest absolute Gasteiger partial charge is 0.393 e. The van der Waals surface area contributed by atoms with Crippen molar-refractivity contribution >= 4 is 23.2 Å². The van der Waals surface area contributed by atoms with Gasteiger partial charge in [-0.05, 0) is 19.3 Å². The van der Waals surface area contributed by atoms with Crippen molar-refractivity contribution in [1.82, 2.24) is 10.2 Å². The molecule has 0 unspecified atom stereocenters. The fraction of sp³-hybridized carbons (Fsp3) is 0.818. The minimum atomic E-state index is -0.0725. The molecule has 0 aromatic heterocycles. The van der Waals surface area contributed by atoms with E-state index in [1.54, 1.807) is 0 Å². The number of nitrogens with two attached hydrogens (primary N) is 1. The van der Waals surface area contributed by atoms with Crippen molar-refractivity contribution in [1.29, 1.82) is 0 Å². The molecule has 92 valence electrons. The topological polar surface area (TPSA) is 58.4 Å². The van der Waals surface area contributed by atoms with Crippen LogP contribution in [0.5, 0.6) is 0 Å². The summed E-state index contributed by atoms with van der Waals surface area (Å²) in [5.41, 5.74) is 5.64. The molecule has 1 fully saturated rings. The summed E-state index contributed by atoms with van der Waals surface area (Å²) in [6.07, 6.45) is 2.69. The molecule has 0 aromatic rings. The Morgan fingerprint density at radius 2 is 2.06 bits per heavy atom. The van der Waals surface area contributed by atoms with E-state index in [0.29, 0.717) is 4.99 Å². The van der Waals surface area contributed by atoms with Gasteiger partial charge in [0.25, 0.3) is 0 Å². The molecule has 1 aliphatic rings. The lowest BCUT2D eigenvalue weighted by Gasteiger charge is -2.38. The Kier molecular flexibility index (Phi) is 4.53. The zero-order valence-electron chi connectivity index (χ0n) is 10.1. The normalized spacial score (nSPS) is 19.2. The van der Waals surface area contributed by atoms with Crippen LogP contribution in [0.2, 0.25) is 0 Å². The van der Waals surface area contributed by atoms with Crippen molar-refractivity contribution in [3.05, 3.63) is 0 Å². The molecule has 1 heterocycles. The molecule has 1 rings (SSSR count). The number of rotatable bonds is 3. The highest BCUT2D eigenvalue weighted by molar-refractivity contribution is 7.80. The first kappa shape index (κ1) is 13.2. The van der Waals surface area contributed by atoms with Crippen molar-refractivity contribution in [3.63, 3.8) is 0 Å². The second-order valence-electron chi connectivity index (χ2n) is 4.64. The molecule has 0 aliphatic carbocycles. The minimum Gasteiger partial charge on any atom is -0.393 e. The Morgan fingerprint density at radius 3 is 2.50 bits per heavy atom. The summed E-state index contributed by atoms with van der Waals surface area (Å²) in [5, 5.41) is 2.88. The maximum atomic E-state index is 11.7. The van der Waals surface area contributed by atoms with Crippen LogP contribution in [0.3, 0.4) is 0 Å². The molecule has 5 heteroatoms. The number of amides is 2. The number of hydrogen-bond donors (Lipinski definition) is 2. The molecular formula is C11H21N3OS. The molecule has 0 spiro atoms. The van der Waals surface area contributed by atoms with E-state index in [1.165, 1.54) is 0 Å². The van der Waals surface area contributed by atoms with E-state index in [1.807, 2.05) is 11.8 Å². The molecule has 2 amide bonds. The highest BCUT2D eigenvalue weighted by Gasteiger charge is 2.33. The average molecular weight is 243 g/mol. The summed E-state index contributed by atoms with van der Waals surface area (Å²) in [6, 6.07) is 0.0341. The Balaban J connectivity index is 2.42. The highest BCUT2D eigenvalue weighted by atomic mass is 32.1. The lowest BCUT2D eigenvalue weighted by atomic mass is 9.80. The first-order valence-corrected chi connectivity index (χ1v) is 6.23. The molecule has 16 heavy (non-hydrogen) atoms. The maximum absolute atomic E-state index is 11.7. The Morgan fingerprint density at radius 1 is 1.50 bits per heavy atom. The van der Waals surface area contributed by atoms with Gasteiger partial charge in [0.05, 0.1) is 4.99 Å². The van der Waals surface area contributed by atoms with Gasteiger partial charge in [0.2, 0.25) is 0 Å². The van der Waals surface area contributed by atoms with Crippen molar-refractivity contribution in [2.45, 2.75) is 33.1 Å². The van der Waals surface area contributed by atoms with Crippen LogP contribution >= 0.6 is 12.2 Å². The van der Waals surface area contributed by atoms with Crippen LogP contribution in [0, 0.1) is 5.41 Å². The van der Waals surface area contributed by atoms with Crippen molar-refractivity contribution in [3.8, 4) is 0 Å². The third kappa shape index (κ3) is 3.07. The van der Waals surface area contributed by atoms with Gasteiger partial charge in [-0.1, -0.05) is 26.1 Å². The number of hydrogen-bond acceptors (Lipinski definition) is 2. The van der Waals surface area contributed by atoms with Crippen LogP contribution in [0.15, 0.2) is 0 Å². The molecule has 1 aliphatic heterocycles. The number of thiocarbonyl (C=S) groups is 1. The summed E-state index contributed by atoms with van der Waals surface area (Å²) in [5.74, 6) is 0. The predicted octanol–water partition coefficient (Wildman–Crippen LogP) is 1.49. The van der Waals surface area contributed by atoms with Gasteiger partial charge in [0, 0.05) is 25.0 Å². The van der Waals surface area contributed by atoms with E-state index in [0.717, 1.165) is 38.9 Å². The van der Waals surface area contributed by atoms with Crippen molar-refractivity contribution in [2.24, 2.45) is 11.1 Å². The Labute approximate surface area is 103 Å². The van der Waals surface area contributed by atoms with Crippen LogP contribution in [-0.2, 0) is 0 Å². The van der Waals surface area contributed by atoms with Gasteiger partial charge in [-0.2, -0.15) is 0 Å².